The first-order valence-electron chi connectivity index (χ1n) is 7.94. The Labute approximate surface area is 162 Å². The number of rotatable bonds is 6. The second kappa shape index (κ2) is 9.44. The summed E-state index contributed by atoms with van der Waals surface area (Å²) in [6.07, 6.45) is 5.91. The van der Waals surface area contributed by atoms with Crippen molar-refractivity contribution < 1.29 is 19.1 Å². The molecule has 0 radical (unpaired) electrons. The van der Waals surface area contributed by atoms with Crippen molar-refractivity contribution in [3.8, 4) is 5.75 Å². The summed E-state index contributed by atoms with van der Waals surface area (Å²) in [6, 6.07) is 7.34. The SMILES string of the molecule is C=CCNC(=S)N1N=C(/C=C/c2ccccc2OC)C(=O)/C1=C\C(=O)OC. The minimum absolute atomic E-state index is 0.00286. The third kappa shape index (κ3) is 4.89. The molecule has 1 aromatic carbocycles. The summed E-state index contributed by atoms with van der Waals surface area (Å²) in [5, 5.41) is 8.45. The van der Waals surface area contributed by atoms with Gasteiger partial charge in [-0.3, -0.25) is 4.79 Å². The zero-order valence-corrected chi connectivity index (χ0v) is 15.8. The topological polar surface area (TPSA) is 80.2 Å². The first kappa shape index (κ1) is 20.1. The Hall–Kier alpha value is -3.26. The van der Waals surface area contributed by atoms with Crippen molar-refractivity contribution in [2.24, 2.45) is 5.10 Å². The minimum atomic E-state index is -0.681. The van der Waals surface area contributed by atoms with Gasteiger partial charge in [0.05, 0.1) is 20.3 Å². The average molecular weight is 385 g/mol. The number of methoxy groups -OCH3 is 2. The van der Waals surface area contributed by atoms with Gasteiger partial charge in [0.25, 0.3) is 0 Å². The normalized spacial score (nSPS) is 15.0. The number of Topliss-reactive ketones (excluding diaryl/α,β-unsaturated/α-hetero) is 1. The number of nitrogens with one attached hydrogen (secondary N) is 1. The summed E-state index contributed by atoms with van der Waals surface area (Å²) >= 11 is 5.24. The van der Waals surface area contributed by atoms with Gasteiger partial charge >= 0.3 is 5.97 Å². The van der Waals surface area contributed by atoms with E-state index in [9.17, 15) is 9.59 Å². The number of carbonyl (C=O) groups excluding carboxylic acids is 2. The lowest BCUT2D eigenvalue weighted by Gasteiger charge is -2.16. The number of carbonyl (C=O) groups is 2. The van der Waals surface area contributed by atoms with Gasteiger partial charge in [-0.05, 0) is 30.4 Å². The van der Waals surface area contributed by atoms with E-state index in [0.717, 1.165) is 11.6 Å². The van der Waals surface area contributed by atoms with Crippen LogP contribution in [0.2, 0.25) is 0 Å². The monoisotopic (exact) mass is 385 g/mol. The van der Waals surface area contributed by atoms with Gasteiger partial charge in [-0.15, -0.1) is 6.58 Å². The molecular formula is C19H19N3O4S. The maximum absolute atomic E-state index is 12.7. The molecule has 0 aliphatic carbocycles. The zero-order valence-electron chi connectivity index (χ0n) is 15.0. The van der Waals surface area contributed by atoms with Crippen molar-refractivity contribution in [2.45, 2.75) is 0 Å². The fraction of sp³-hybridized carbons (Fsp3) is 0.158. The van der Waals surface area contributed by atoms with Crippen LogP contribution >= 0.6 is 12.2 Å². The van der Waals surface area contributed by atoms with E-state index in [1.165, 1.54) is 12.1 Å². The van der Waals surface area contributed by atoms with Crippen molar-refractivity contribution in [1.29, 1.82) is 0 Å². The van der Waals surface area contributed by atoms with Crippen LogP contribution < -0.4 is 10.1 Å². The van der Waals surface area contributed by atoms with Gasteiger partial charge in [0, 0.05) is 12.1 Å². The number of allylic oxidation sites excluding steroid dienone is 2. The van der Waals surface area contributed by atoms with E-state index in [1.807, 2.05) is 18.2 Å². The highest BCUT2D eigenvalue weighted by molar-refractivity contribution is 7.80. The Bertz CT molecular complexity index is 858. The van der Waals surface area contributed by atoms with E-state index in [1.54, 1.807) is 31.4 Å². The number of benzene rings is 1. The Morgan fingerprint density at radius 3 is 2.74 bits per heavy atom. The van der Waals surface area contributed by atoms with E-state index in [4.69, 9.17) is 17.0 Å². The second-order valence-electron chi connectivity index (χ2n) is 5.23. The predicted octanol–water partition coefficient (Wildman–Crippen LogP) is 2.07. The van der Waals surface area contributed by atoms with Gasteiger partial charge in [-0.25, -0.2) is 9.80 Å². The fourth-order valence-corrected chi connectivity index (χ4v) is 2.43. The minimum Gasteiger partial charge on any atom is -0.496 e. The Morgan fingerprint density at radius 1 is 1.33 bits per heavy atom. The molecule has 0 atom stereocenters. The number of nitrogens with zero attached hydrogens (tertiary/aromatic N) is 2. The summed E-state index contributed by atoms with van der Waals surface area (Å²) in [7, 11) is 2.79. The third-order valence-electron chi connectivity index (χ3n) is 3.51. The number of para-hydroxylation sites is 1. The first-order valence-corrected chi connectivity index (χ1v) is 8.35. The molecule has 0 amide bonds. The van der Waals surface area contributed by atoms with Gasteiger partial charge < -0.3 is 14.8 Å². The molecule has 0 unspecified atom stereocenters. The lowest BCUT2D eigenvalue weighted by Crippen LogP contribution is -2.35. The van der Waals surface area contributed by atoms with Crippen LogP contribution in [0.3, 0.4) is 0 Å². The molecule has 0 saturated carbocycles. The Morgan fingerprint density at radius 2 is 2.07 bits per heavy atom. The van der Waals surface area contributed by atoms with Gasteiger partial charge in [-0.1, -0.05) is 24.3 Å². The van der Waals surface area contributed by atoms with E-state index in [2.05, 4.69) is 21.7 Å². The molecular weight excluding hydrogens is 366 g/mol. The number of ether oxygens (including phenoxy) is 2. The molecule has 1 heterocycles. The molecule has 8 heteroatoms. The van der Waals surface area contributed by atoms with Crippen LogP contribution in [-0.4, -0.2) is 48.3 Å². The molecule has 0 saturated heterocycles. The number of hydrogen-bond donors (Lipinski definition) is 1. The molecule has 0 bridgehead atoms. The lowest BCUT2D eigenvalue weighted by molar-refractivity contribution is -0.135. The number of thiocarbonyl (C=S) groups is 1. The Kier molecular flexibility index (Phi) is 7.01. The van der Waals surface area contributed by atoms with Crippen LogP contribution in [0.1, 0.15) is 5.56 Å². The summed E-state index contributed by atoms with van der Waals surface area (Å²) in [5.41, 5.74) is 0.904. The van der Waals surface area contributed by atoms with Crippen LogP contribution in [0.25, 0.3) is 6.08 Å². The average Bonchev–Trinajstić information content (AvgIpc) is 3.00. The van der Waals surface area contributed by atoms with Gasteiger partial charge in [0.2, 0.25) is 5.78 Å². The fourth-order valence-electron chi connectivity index (χ4n) is 2.20. The van der Waals surface area contributed by atoms with Crippen molar-refractivity contribution >= 4 is 40.9 Å². The maximum Gasteiger partial charge on any atom is 0.332 e. The van der Waals surface area contributed by atoms with E-state index in [-0.39, 0.29) is 16.5 Å². The summed E-state index contributed by atoms with van der Waals surface area (Å²) < 4.78 is 9.89. The van der Waals surface area contributed by atoms with E-state index in [0.29, 0.717) is 12.3 Å². The molecule has 2 rings (SSSR count). The molecule has 7 nitrogen and oxygen atoms in total. The number of hydrazone groups is 1. The smallest absolute Gasteiger partial charge is 0.332 e. The number of ketones is 1. The Balaban J connectivity index is 2.35. The van der Waals surface area contributed by atoms with Crippen LogP contribution in [-0.2, 0) is 14.3 Å². The van der Waals surface area contributed by atoms with Crippen molar-refractivity contribution in [3.05, 3.63) is 60.3 Å². The molecule has 1 aliphatic rings. The predicted molar refractivity (Wildman–Crippen MR) is 107 cm³/mol. The standard InChI is InChI=1S/C19H19N3O4S/c1-4-11-20-19(27)22-15(12-17(23)26-3)18(24)14(21-22)10-9-13-7-5-6-8-16(13)25-2/h4-10,12H,1,11H2,2-3H3,(H,20,27)/b10-9+,15-12+. The van der Waals surface area contributed by atoms with E-state index < -0.39 is 11.8 Å². The highest BCUT2D eigenvalue weighted by atomic mass is 32.1. The molecule has 1 aliphatic heterocycles. The number of esters is 1. The largest absolute Gasteiger partial charge is 0.496 e. The molecule has 1 aromatic rings. The second-order valence-corrected chi connectivity index (χ2v) is 5.62. The first-order chi connectivity index (χ1) is 13.0. The lowest BCUT2D eigenvalue weighted by atomic mass is 10.1. The van der Waals surface area contributed by atoms with Gasteiger partial charge in [0.15, 0.2) is 5.11 Å². The zero-order chi connectivity index (χ0) is 19.8. The van der Waals surface area contributed by atoms with Gasteiger partial charge in [-0.2, -0.15) is 5.10 Å². The molecule has 0 fully saturated rings. The third-order valence-corrected chi connectivity index (χ3v) is 3.82. The highest BCUT2D eigenvalue weighted by Crippen LogP contribution is 2.21. The van der Waals surface area contributed by atoms with Crippen LogP contribution in [0.5, 0.6) is 5.75 Å². The molecule has 0 aromatic heterocycles. The maximum atomic E-state index is 12.7. The molecule has 0 spiro atoms. The summed E-state index contributed by atoms with van der Waals surface area (Å²) in [6.45, 7) is 3.98. The van der Waals surface area contributed by atoms with Crippen molar-refractivity contribution in [2.75, 3.05) is 20.8 Å². The van der Waals surface area contributed by atoms with Crippen LogP contribution in [0.15, 0.2) is 59.9 Å². The van der Waals surface area contributed by atoms with Crippen molar-refractivity contribution in [1.82, 2.24) is 10.3 Å². The molecule has 140 valence electrons. The van der Waals surface area contributed by atoms with Crippen LogP contribution in [0.4, 0.5) is 0 Å². The van der Waals surface area contributed by atoms with Crippen molar-refractivity contribution in [3.63, 3.8) is 0 Å². The summed E-state index contributed by atoms with van der Waals surface area (Å²) in [4.78, 5) is 24.3. The van der Waals surface area contributed by atoms with E-state index >= 15 is 0 Å². The van der Waals surface area contributed by atoms with Crippen LogP contribution in [0, 0.1) is 0 Å². The quantitative estimate of drug-likeness (QED) is 0.347. The molecule has 27 heavy (non-hydrogen) atoms. The van der Waals surface area contributed by atoms with Gasteiger partial charge in [0.1, 0.15) is 17.2 Å². The number of hydrogen-bond acceptors (Lipinski definition) is 6. The summed E-state index contributed by atoms with van der Waals surface area (Å²) in [5.74, 6) is -0.473. The molecule has 1 N–H and O–H groups in total. The highest BCUT2D eigenvalue weighted by Gasteiger charge is 2.32.